The summed E-state index contributed by atoms with van der Waals surface area (Å²) >= 11 is 0. The van der Waals surface area contributed by atoms with Gasteiger partial charge in [0.1, 0.15) is 5.82 Å². The number of primary amides is 1. The molecule has 2 rings (SSSR count). The first-order valence-corrected chi connectivity index (χ1v) is 6.80. The van der Waals surface area contributed by atoms with Crippen molar-refractivity contribution >= 4 is 16.7 Å². The predicted molar refractivity (Wildman–Crippen MR) is 78.5 cm³/mol. The summed E-state index contributed by atoms with van der Waals surface area (Å²) in [6, 6.07) is 10.4. The minimum atomic E-state index is -0.286. The van der Waals surface area contributed by atoms with Crippen LogP contribution in [0.2, 0.25) is 0 Å². The molecule has 2 aromatic rings. The minimum absolute atomic E-state index is 0.159. The van der Waals surface area contributed by atoms with E-state index in [1.165, 1.54) is 6.07 Å². The quantitative estimate of drug-likeness (QED) is 0.795. The smallest absolute Gasteiger partial charge is 0.217 e. The third kappa shape index (κ3) is 3.33. The molecule has 0 aliphatic rings. The van der Waals surface area contributed by atoms with Gasteiger partial charge in [0.2, 0.25) is 5.91 Å². The van der Waals surface area contributed by atoms with Gasteiger partial charge < -0.3 is 11.5 Å². The number of benzene rings is 2. The molecule has 4 heteroatoms. The number of fused-ring (bicyclic) bond motifs is 1. The van der Waals surface area contributed by atoms with E-state index < -0.39 is 0 Å². The summed E-state index contributed by atoms with van der Waals surface area (Å²) in [5.41, 5.74) is 12.2. The SMILES string of the molecule is NC(=O)CCCCC(N)c1ccc(F)c2ccccc12. The van der Waals surface area contributed by atoms with Crippen LogP contribution in [0.4, 0.5) is 4.39 Å². The second kappa shape index (κ2) is 6.48. The molecule has 4 N–H and O–H groups in total. The second-order valence-electron chi connectivity index (χ2n) is 5.00. The number of nitrogens with two attached hydrogens (primary N) is 2. The molecule has 0 saturated heterocycles. The third-order valence-corrected chi connectivity index (χ3v) is 3.49. The zero-order valence-electron chi connectivity index (χ0n) is 11.3. The number of amides is 1. The Kier molecular flexibility index (Phi) is 4.69. The maximum atomic E-state index is 13.7. The summed E-state index contributed by atoms with van der Waals surface area (Å²) in [4.78, 5) is 10.7. The molecule has 2 aromatic carbocycles. The van der Waals surface area contributed by atoms with Crippen LogP contribution in [-0.4, -0.2) is 5.91 Å². The lowest BCUT2D eigenvalue weighted by atomic mass is 9.95. The zero-order chi connectivity index (χ0) is 14.5. The van der Waals surface area contributed by atoms with Crippen molar-refractivity contribution in [1.29, 1.82) is 0 Å². The Labute approximate surface area is 117 Å². The molecule has 0 aliphatic carbocycles. The van der Waals surface area contributed by atoms with Crippen LogP contribution >= 0.6 is 0 Å². The maximum Gasteiger partial charge on any atom is 0.217 e. The fourth-order valence-corrected chi connectivity index (χ4v) is 2.43. The van der Waals surface area contributed by atoms with E-state index in [9.17, 15) is 9.18 Å². The van der Waals surface area contributed by atoms with E-state index in [4.69, 9.17) is 11.5 Å². The van der Waals surface area contributed by atoms with Gasteiger partial charge in [0.25, 0.3) is 0 Å². The van der Waals surface area contributed by atoms with E-state index in [2.05, 4.69) is 0 Å². The Morgan fingerprint density at radius 1 is 1.10 bits per heavy atom. The van der Waals surface area contributed by atoms with Gasteiger partial charge in [0, 0.05) is 17.8 Å². The number of carbonyl (C=O) groups is 1. The monoisotopic (exact) mass is 274 g/mol. The summed E-state index contributed by atoms with van der Waals surface area (Å²) in [5.74, 6) is -0.518. The molecule has 0 bridgehead atoms. The van der Waals surface area contributed by atoms with Crippen LogP contribution in [0.25, 0.3) is 10.8 Å². The third-order valence-electron chi connectivity index (χ3n) is 3.49. The summed E-state index contributed by atoms with van der Waals surface area (Å²) in [6.45, 7) is 0. The van der Waals surface area contributed by atoms with E-state index in [1.54, 1.807) is 12.1 Å². The summed E-state index contributed by atoms with van der Waals surface area (Å²) < 4.78 is 13.7. The molecular formula is C16H19FN2O. The van der Waals surface area contributed by atoms with E-state index >= 15 is 0 Å². The highest BCUT2D eigenvalue weighted by Crippen LogP contribution is 2.27. The van der Waals surface area contributed by atoms with Gasteiger partial charge >= 0.3 is 0 Å². The van der Waals surface area contributed by atoms with Crippen LogP contribution in [0.15, 0.2) is 36.4 Å². The average molecular weight is 274 g/mol. The van der Waals surface area contributed by atoms with Gasteiger partial charge in [-0.2, -0.15) is 0 Å². The van der Waals surface area contributed by atoms with Crippen LogP contribution in [0.5, 0.6) is 0 Å². The number of rotatable bonds is 6. The standard InChI is InChI=1S/C16H19FN2O/c17-14-10-9-13(11-5-1-2-6-12(11)14)15(18)7-3-4-8-16(19)20/h1-2,5-6,9-10,15H,3-4,7-8,18H2,(H2,19,20). The first-order valence-electron chi connectivity index (χ1n) is 6.80. The van der Waals surface area contributed by atoms with Gasteiger partial charge in [-0.25, -0.2) is 4.39 Å². The van der Waals surface area contributed by atoms with Crippen LogP contribution < -0.4 is 11.5 Å². The van der Waals surface area contributed by atoms with Gasteiger partial charge in [-0.1, -0.05) is 36.8 Å². The number of unbranched alkanes of at least 4 members (excludes halogenated alkanes) is 1. The zero-order valence-corrected chi connectivity index (χ0v) is 11.3. The maximum absolute atomic E-state index is 13.7. The number of hydrogen-bond acceptors (Lipinski definition) is 2. The highest BCUT2D eigenvalue weighted by atomic mass is 19.1. The lowest BCUT2D eigenvalue weighted by Crippen LogP contribution is -2.12. The van der Waals surface area contributed by atoms with Gasteiger partial charge in [0.15, 0.2) is 0 Å². The summed E-state index contributed by atoms with van der Waals surface area (Å²) in [7, 11) is 0. The summed E-state index contributed by atoms with van der Waals surface area (Å²) in [5, 5.41) is 1.45. The predicted octanol–water partition coefficient (Wildman–Crippen LogP) is 3.02. The van der Waals surface area contributed by atoms with Crippen molar-refractivity contribution in [3.63, 3.8) is 0 Å². The Balaban J connectivity index is 2.12. The Hall–Kier alpha value is -1.94. The van der Waals surface area contributed by atoms with Gasteiger partial charge in [0.05, 0.1) is 0 Å². The highest BCUT2D eigenvalue weighted by molar-refractivity contribution is 5.86. The molecule has 0 saturated carbocycles. The average Bonchev–Trinajstić information content (AvgIpc) is 2.44. The number of carbonyl (C=O) groups excluding carboxylic acids is 1. The van der Waals surface area contributed by atoms with Crippen LogP contribution in [0.3, 0.4) is 0 Å². The van der Waals surface area contributed by atoms with E-state index in [0.29, 0.717) is 11.8 Å². The fraction of sp³-hybridized carbons (Fsp3) is 0.312. The highest BCUT2D eigenvalue weighted by Gasteiger charge is 2.12. The van der Waals surface area contributed by atoms with Gasteiger partial charge in [-0.3, -0.25) is 4.79 Å². The topological polar surface area (TPSA) is 69.1 Å². The molecule has 3 nitrogen and oxygen atoms in total. The van der Waals surface area contributed by atoms with Crippen molar-refractivity contribution in [3.05, 3.63) is 47.8 Å². The van der Waals surface area contributed by atoms with Gasteiger partial charge in [-0.15, -0.1) is 0 Å². The van der Waals surface area contributed by atoms with Crippen LogP contribution in [0, 0.1) is 5.82 Å². The van der Waals surface area contributed by atoms with E-state index in [-0.39, 0.29) is 17.8 Å². The molecule has 0 spiro atoms. The largest absolute Gasteiger partial charge is 0.370 e. The van der Waals surface area contributed by atoms with Crippen molar-refractivity contribution in [2.45, 2.75) is 31.7 Å². The van der Waals surface area contributed by atoms with Crippen molar-refractivity contribution in [2.75, 3.05) is 0 Å². The molecule has 0 aromatic heterocycles. The van der Waals surface area contributed by atoms with Crippen molar-refractivity contribution in [1.82, 2.24) is 0 Å². The molecule has 1 atom stereocenters. The van der Waals surface area contributed by atoms with Gasteiger partial charge in [-0.05, 0) is 29.9 Å². The van der Waals surface area contributed by atoms with Crippen molar-refractivity contribution in [3.8, 4) is 0 Å². The fourth-order valence-electron chi connectivity index (χ4n) is 2.43. The lowest BCUT2D eigenvalue weighted by molar-refractivity contribution is -0.118. The van der Waals surface area contributed by atoms with Crippen molar-refractivity contribution in [2.24, 2.45) is 11.5 Å². The minimum Gasteiger partial charge on any atom is -0.370 e. The first kappa shape index (κ1) is 14.5. The van der Waals surface area contributed by atoms with Crippen LogP contribution in [-0.2, 0) is 4.79 Å². The molecule has 20 heavy (non-hydrogen) atoms. The molecule has 1 unspecified atom stereocenters. The molecule has 0 heterocycles. The van der Waals surface area contributed by atoms with E-state index in [0.717, 1.165) is 30.2 Å². The Morgan fingerprint density at radius 2 is 1.80 bits per heavy atom. The lowest BCUT2D eigenvalue weighted by Gasteiger charge is -2.15. The first-order chi connectivity index (χ1) is 9.59. The number of halogens is 1. The molecule has 0 fully saturated rings. The Morgan fingerprint density at radius 3 is 2.50 bits per heavy atom. The molecule has 1 amide bonds. The molecular weight excluding hydrogens is 255 g/mol. The molecule has 0 aliphatic heterocycles. The normalized spacial score (nSPS) is 12.5. The summed E-state index contributed by atoms with van der Waals surface area (Å²) in [6.07, 6.45) is 2.71. The van der Waals surface area contributed by atoms with Crippen LogP contribution in [0.1, 0.15) is 37.3 Å². The van der Waals surface area contributed by atoms with E-state index in [1.807, 2.05) is 18.2 Å². The Bertz CT molecular complexity index is 612. The second-order valence-corrected chi connectivity index (χ2v) is 5.00. The van der Waals surface area contributed by atoms with Crippen molar-refractivity contribution < 1.29 is 9.18 Å². The molecule has 0 radical (unpaired) electrons. The number of hydrogen-bond donors (Lipinski definition) is 2. The molecule has 106 valence electrons.